The molecule has 0 saturated carbocycles. The summed E-state index contributed by atoms with van der Waals surface area (Å²) in [5, 5.41) is 2.60. The molecule has 19 heavy (non-hydrogen) atoms. The normalized spacial score (nSPS) is 21.7. The van der Waals surface area contributed by atoms with Crippen molar-refractivity contribution in [3.8, 4) is 5.75 Å². The summed E-state index contributed by atoms with van der Waals surface area (Å²) in [7, 11) is 0. The number of ether oxygens (including phenoxy) is 1. The number of hydrogen-bond acceptors (Lipinski definition) is 2. The van der Waals surface area contributed by atoms with E-state index in [1.54, 1.807) is 0 Å². The molecule has 0 aromatic heterocycles. The summed E-state index contributed by atoms with van der Waals surface area (Å²) in [5.41, 5.74) is 3.64. The molecule has 2 aliphatic rings. The van der Waals surface area contributed by atoms with Gasteiger partial charge in [0, 0.05) is 12.5 Å². The monoisotopic (exact) mass is 271 g/mol. The lowest BCUT2D eigenvalue weighted by Gasteiger charge is -2.26. The van der Waals surface area contributed by atoms with Crippen molar-refractivity contribution in [2.24, 2.45) is 0 Å². The number of halogens is 3. The highest BCUT2D eigenvalue weighted by molar-refractivity contribution is 5.46. The van der Waals surface area contributed by atoms with E-state index in [9.17, 15) is 13.2 Å². The Hall–Kier alpha value is -1.23. The van der Waals surface area contributed by atoms with Crippen LogP contribution in [-0.2, 0) is 19.3 Å². The number of hydrogen-bond donors (Lipinski definition) is 1. The molecule has 0 spiro atoms. The fraction of sp³-hybridized carbons (Fsp3) is 0.571. The SMILES string of the molecule is FC(F)(F)CNC1CCc2cc3c(cc2C1)OCC3. The lowest BCUT2D eigenvalue weighted by molar-refractivity contribution is -0.126. The summed E-state index contributed by atoms with van der Waals surface area (Å²) < 4.78 is 42.1. The zero-order valence-electron chi connectivity index (χ0n) is 10.5. The minimum absolute atomic E-state index is 0.0893. The first-order valence-electron chi connectivity index (χ1n) is 6.59. The van der Waals surface area contributed by atoms with Crippen LogP contribution in [0.3, 0.4) is 0 Å². The van der Waals surface area contributed by atoms with Crippen molar-refractivity contribution in [1.29, 1.82) is 0 Å². The third-order valence-corrected chi connectivity index (χ3v) is 3.83. The Morgan fingerprint density at radius 3 is 2.79 bits per heavy atom. The molecule has 3 rings (SSSR count). The van der Waals surface area contributed by atoms with Crippen LogP contribution in [0.2, 0.25) is 0 Å². The van der Waals surface area contributed by atoms with E-state index in [1.165, 1.54) is 11.1 Å². The second-order valence-electron chi connectivity index (χ2n) is 5.26. The lowest BCUT2D eigenvalue weighted by Crippen LogP contribution is -2.40. The predicted octanol–water partition coefficient (Wildman–Crippen LogP) is 2.63. The van der Waals surface area contributed by atoms with Crippen LogP contribution in [0.4, 0.5) is 13.2 Å². The molecular formula is C14H16F3NO. The van der Waals surface area contributed by atoms with Gasteiger partial charge in [0.25, 0.3) is 0 Å². The lowest BCUT2D eigenvalue weighted by atomic mass is 9.86. The number of aryl methyl sites for hydroxylation is 1. The Morgan fingerprint density at radius 1 is 1.16 bits per heavy atom. The van der Waals surface area contributed by atoms with Crippen LogP contribution in [-0.4, -0.2) is 25.4 Å². The zero-order chi connectivity index (χ0) is 13.5. The molecule has 1 aromatic carbocycles. The number of fused-ring (bicyclic) bond motifs is 2. The quantitative estimate of drug-likeness (QED) is 0.893. The summed E-state index contributed by atoms with van der Waals surface area (Å²) in [6.45, 7) is -0.192. The maximum Gasteiger partial charge on any atom is 0.401 e. The summed E-state index contributed by atoms with van der Waals surface area (Å²) >= 11 is 0. The fourth-order valence-corrected chi connectivity index (χ4v) is 2.87. The van der Waals surface area contributed by atoms with Crippen LogP contribution in [0.15, 0.2) is 12.1 Å². The first-order valence-corrected chi connectivity index (χ1v) is 6.59. The number of benzene rings is 1. The van der Waals surface area contributed by atoms with Crippen molar-refractivity contribution >= 4 is 0 Å². The average Bonchev–Trinajstić information content (AvgIpc) is 2.79. The van der Waals surface area contributed by atoms with Crippen LogP contribution in [0, 0.1) is 0 Å². The molecule has 1 aromatic rings. The zero-order valence-corrected chi connectivity index (χ0v) is 10.5. The molecular weight excluding hydrogens is 255 g/mol. The maximum absolute atomic E-state index is 12.2. The molecule has 104 valence electrons. The Kier molecular flexibility index (Phi) is 3.17. The van der Waals surface area contributed by atoms with Crippen molar-refractivity contribution in [2.45, 2.75) is 37.9 Å². The highest BCUT2D eigenvalue weighted by Gasteiger charge is 2.29. The van der Waals surface area contributed by atoms with Crippen molar-refractivity contribution in [3.63, 3.8) is 0 Å². The van der Waals surface area contributed by atoms with Crippen molar-refractivity contribution in [3.05, 3.63) is 28.8 Å². The van der Waals surface area contributed by atoms with Crippen LogP contribution < -0.4 is 10.1 Å². The third-order valence-electron chi connectivity index (χ3n) is 3.83. The first kappa shape index (κ1) is 12.8. The topological polar surface area (TPSA) is 21.3 Å². The minimum atomic E-state index is -4.14. The van der Waals surface area contributed by atoms with E-state index in [-0.39, 0.29) is 6.04 Å². The van der Waals surface area contributed by atoms with Gasteiger partial charge in [-0.05, 0) is 42.0 Å². The highest BCUT2D eigenvalue weighted by atomic mass is 19.4. The Labute approximate surface area is 109 Å². The summed E-state index contributed by atoms with van der Waals surface area (Å²) in [6.07, 6.45) is -0.928. The van der Waals surface area contributed by atoms with E-state index in [2.05, 4.69) is 11.4 Å². The van der Waals surface area contributed by atoms with E-state index >= 15 is 0 Å². The number of rotatable bonds is 2. The molecule has 1 aliphatic heterocycles. The van der Waals surface area contributed by atoms with Gasteiger partial charge in [0.2, 0.25) is 0 Å². The summed E-state index contributed by atoms with van der Waals surface area (Å²) in [5.74, 6) is 0.912. The Balaban J connectivity index is 1.70. The second-order valence-corrected chi connectivity index (χ2v) is 5.26. The molecule has 1 N–H and O–H groups in total. The van der Waals surface area contributed by atoms with E-state index < -0.39 is 12.7 Å². The summed E-state index contributed by atoms with van der Waals surface area (Å²) in [4.78, 5) is 0. The van der Waals surface area contributed by atoms with Gasteiger partial charge in [0.1, 0.15) is 5.75 Å². The molecule has 0 amide bonds. The van der Waals surface area contributed by atoms with Crippen LogP contribution in [0.5, 0.6) is 5.75 Å². The van der Waals surface area contributed by atoms with Crippen molar-refractivity contribution < 1.29 is 17.9 Å². The van der Waals surface area contributed by atoms with Crippen LogP contribution in [0.1, 0.15) is 23.1 Å². The molecule has 0 fully saturated rings. The smallest absolute Gasteiger partial charge is 0.401 e. The van der Waals surface area contributed by atoms with Gasteiger partial charge in [-0.2, -0.15) is 13.2 Å². The van der Waals surface area contributed by atoms with Gasteiger partial charge in [-0.15, -0.1) is 0 Å². The summed E-state index contributed by atoms with van der Waals surface area (Å²) in [6, 6.07) is 4.09. The Bertz CT molecular complexity index is 484. The van der Waals surface area contributed by atoms with Gasteiger partial charge in [-0.25, -0.2) is 0 Å². The van der Waals surface area contributed by atoms with Gasteiger partial charge < -0.3 is 10.1 Å². The van der Waals surface area contributed by atoms with Crippen LogP contribution >= 0.6 is 0 Å². The molecule has 5 heteroatoms. The molecule has 1 heterocycles. The van der Waals surface area contributed by atoms with Gasteiger partial charge in [-0.3, -0.25) is 0 Å². The van der Waals surface area contributed by atoms with Crippen molar-refractivity contribution in [2.75, 3.05) is 13.2 Å². The Morgan fingerprint density at radius 2 is 2.00 bits per heavy atom. The maximum atomic E-state index is 12.2. The minimum Gasteiger partial charge on any atom is -0.493 e. The van der Waals surface area contributed by atoms with Gasteiger partial charge in [-0.1, -0.05) is 6.07 Å². The third kappa shape index (κ3) is 2.86. The highest BCUT2D eigenvalue weighted by Crippen LogP contribution is 2.32. The molecule has 1 unspecified atom stereocenters. The number of alkyl halides is 3. The van der Waals surface area contributed by atoms with E-state index in [0.29, 0.717) is 13.0 Å². The van der Waals surface area contributed by atoms with Crippen LogP contribution in [0.25, 0.3) is 0 Å². The molecule has 1 aliphatic carbocycles. The number of nitrogens with one attached hydrogen (secondary N) is 1. The second kappa shape index (κ2) is 4.71. The van der Waals surface area contributed by atoms with E-state index in [0.717, 1.165) is 30.6 Å². The van der Waals surface area contributed by atoms with Gasteiger partial charge in [0.15, 0.2) is 0 Å². The fourth-order valence-electron chi connectivity index (χ4n) is 2.87. The van der Waals surface area contributed by atoms with E-state index in [4.69, 9.17) is 4.74 Å². The molecule has 0 saturated heterocycles. The first-order chi connectivity index (χ1) is 9.01. The van der Waals surface area contributed by atoms with Crippen molar-refractivity contribution in [1.82, 2.24) is 5.32 Å². The molecule has 0 radical (unpaired) electrons. The molecule has 1 atom stereocenters. The van der Waals surface area contributed by atoms with E-state index in [1.807, 2.05) is 6.07 Å². The average molecular weight is 271 g/mol. The molecule has 2 nitrogen and oxygen atoms in total. The van der Waals surface area contributed by atoms with Gasteiger partial charge in [0.05, 0.1) is 13.2 Å². The van der Waals surface area contributed by atoms with Gasteiger partial charge >= 0.3 is 6.18 Å². The largest absolute Gasteiger partial charge is 0.493 e. The molecule has 0 bridgehead atoms. The predicted molar refractivity (Wildman–Crippen MR) is 65.5 cm³/mol. The standard InChI is InChI=1S/C14H16F3NO/c15-14(16,17)8-18-12-2-1-9-5-10-3-4-19-13(10)7-11(9)6-12/h5,7,12,18H,1-4,6,8H2.